The average Bonchev–Trinajstić information content (AvgIpc) is 2.15. The van der Waals surface area contributed by atoms with Gasteiger partial charge in [-0.05, 0) is 18.6 Å². The Labute approximate surface area is 77.5 Å². The highest BCUT2D eigenvalue weighted by molar-refractivity contribution is 5.91. The first-order valence-corrected chi connectivity index (χ1v) is 4.03. The molecular weight excluding hydrogens is 164 g/mol. The van der Waals surface area contributed by atoms with Gasteiger partial charge in [-0.3, -0.25) is 9.78 Å². The summed E-state index contributed by atoms with van der Waals surface area (Å²) in [5, 5.41) is 2.72. The summed E-state index contributed by atoms with van der Waals surface area (Å²) in [5.74, 6) is -0.121. The van der Waals surface area contributed by atoms with E-state index in [1.165, 1.54) is 0 Å². The summed E-state index contributed by atoms with van der Waals surface area (Å²) in [6, 6.07) is 3.74. The summed E-state index contributed by atoms with van der Waals surface area (Å²) in [6.07, 6.45) is 3.42. The van der Waals surface area contributed by atoms with Crippen LogP contribution in [-0.4, -0.2) is 10.9 Å². The van der Waals surface area contributed by atoms with Crippen molar-refractivity contribution in [3.63, 3.8) is 0 Å². The number of carbonyl (C=O) groups is 1. The summed E-state index contributed by atoms with van der Waals surface area (Å²) in [4.78, 5) is 15.0. The topological polar surface area (TPSA) is 42.0 Å². The largest absolute Gasteiger partial charge is 0.348 e. The Morgan fingerprint density at radius 3 is 3.00 bits per heavy atom. The predicted octanol–water partition coefficient (Wildman–Crippen LogP) is 1.27. The van der Waals surface area contributed by atoms with Gasteiger partial charge in [-0.15, -0.1) is 0 Å². The molecule has 0 bridgehead atoms. The first kappa shape index (κ1) is 9.45. The molecule has 1 aromatic rings. The van der Waals surface area contributed by atoms with E-state index in [1.54, 1.807) is 19.3 Å². The minimum atomic E-state index is -0.121. The van der Waals surface area contributed by atoms with Crippen molar-refractivity contribution >= 4 is 5.91 Å². The van der Waals surface area contributed by atoms with Gasteiger partial charge in [-0.2, -0.15) is 0 Å². The van der Waals surface area contributed by atoms with Crippen molar-refractivity contribution in [1.82, 2.24) is 10.3 Å². The number of hydrogen-bond donors (Lipinski definition) is 1. The number of pyridine rings is 1. The molecule has 0 aliphatic rings. The zero-order chi connectivity index (χ0) is 9.68. The second-order valence-corrected chi connectivity index (χ2v) is 2.82. The van der Waals surface area contributed by atoms with E-state index in [0.29, 0.717) is 12.1 Å². The average molecular weight is 176 g/mol. The molecule has 3 nitrogen and oxygen atoms in total. The molecule has 0 aliphatic heterocycles. The van der Waals surface area contributed by atoms with Gasteiger partial charge in [0.25, 0.3) is 0 Å². The van der Waals surface area contributed by atoms with Gasteiger partial charge in [-0.1, -0.05) is 12.6 Å². The fourth-order valence-electron chi connectivity index (χ4n) is 0.836. The van der Waals surface area contributed by atoms with Crippen LogP contribution in [0.15, 0.2) is 36.7 Å². The van der Waals surface area contributed by atoms with Crippen molar-refractivity contribution in [2.45, 2.75) is 13.5 Å². The number of nitrogens with one attached hydrogen (secondary N) is 1. The Morgan fingerprint density at radius 2 is 2.46 bits per heavy atom. The Balaban J connectivity index is 2.44. The number of rotatable bonds is 3. The van der Waals surface area contributed by atoms with Crippen LogP contribution in [-0.2, 0) is 11.3 Å². The number of carbonyl (C=O) groups excluding carboxylic acids is 1. The van der Waals surface area contributed by atoms with Gasteiger partial charge in [0.05, 0.1) is 0 Å². The lowest BCUT2D eigenvalue weighted by Crippen LogP contribution is -2.22. The molecule has 1 amide bonds. The number of hydrogen-bond acceptors (Lipinski definition) is 2. The molecule has 1 N–H and O–H groups in total. The van der Waals surface area contributed by atoms with Gasteiger partial charge in [-0.25, -0.2) is 0 Å². The third-order valence-electron chi connectivity index (χ3n) is 1.56. The molecule has 3 heteroatoms. The Morgan fingerprint density at radius 1 is 1.69 bits per heavy atom. The molecule has 0 atom stereocenters. The third kappa shape index (κ3) is 3.07. The van der Waals surface area contributed by atoms with Crippen molar-refractivity contribution < 1.29 is 4.79 Å². The first-order chi connectivity index (χ1) is 6.20. The van der Waals surface area contributed by atoms with Crippen LogP contribution < -0.4 is 5.32 Å². The van der Waals surface area contributed by atoms with E-state index in [0.717, 1.165) is 5.56 Å². The SMILES string of the molecule is C=C(C)C(=O)NCc1cccnc1. The van der Waals surface area contributed by atoms with Crippen molar-refractivity contribution in [1.29, 1.82) is 0 Å². The van der Waals surface area contributed by atoms with Gasteiger partial charge >= 0.3 is 0 Å². The highest BCUT2D eigenvalue weighted by Gasteiger charge is 1.99. The normalized spacial score (nSPS) is 9.31. The summed E-state index contributed by atoms with van der Waals surface area (Å²) in [6.45, 7) is 5.72. The summed E-state index contributed by atoms with van der Waals surface area (Å²) < 4.78 is 0. The van der Waals surface area contributed by atoms with Crippen molar-refractivity contribution in [3.8, 4) is 0 Å². The van der Waals surface area contributed by atoms with Crippen LogP contribution >= 0.6 is 0 Å². The lowest BCUT2D eigenvalue weighted by atomic mass is 10.2. The predicted molar refractivity (Wildman–Crippen MR) is 50.9 cm³/mol. The van der Waals surface area contributed by atoms with E-state index in [2.05, 4.69) is 16.9 Å². The third-order valence-corrected chi connectivity index (χ3v) is 1.56. The van der Waals surface area contributed by atoms with Crippen molar-refractivity contribution in [3.05, 3.63) is 42.2 Å². The molecule has 1 rings (SSSR count). The van der Waals surface area contributed by atoms with E-state index >= 15 is 0 Å². The first-order valence-electron chi connectivity index (χ1n) is 4.03. The van der Waals surface area contributed by atoms with E-state index in [1.807, 2.05) is 12.1 Å². The number of nitrogens with zero attached hydrogens (tertiary/aromatic N) is 1. The molecule has 0 aromatic carbocycles. The Kier molecular flexibility index (Phi) is 3.20. The van der Waals surface area contributed by atoms with Crippen LogP contribution in [0, 0.1) is 0 Å². The van der Waals surface area contributed by atoms with Crippen LogP contribution in [0.25, 0.3) is 0 Å². The van der Waals surface area contributed by atoms with Gasteiger partial charge in [0, 0.05) is 24.5 Å². The summed E-state index contributed by atoms with van der Waals surface area (Å²) in [7, 11) is 0. The van der Waals surface area contributed by atoms with Crippen molar-refractivity contribution in [2.75, 3.05) is 0 Å². The zero-order valence-electron chi connectivity index (χ0n) is 7.58. The molecular formula is C10H12N2O. The lowest BCUT2D eigenvalue weighted by Gasteiger charge is -2.03. The monoisotopic (exact) mass is 176 g/mol. The molecule has 0 fully saturated rings. The zero-order valence-corrected chi connectivity index (χ0v) is 7.58. The van der Waals surface area contributed by atoms with Crippen LogP contribution in [0.5, 0.6) is 0 Å². The van der Waals surface area contributed by atoms with E-state index in [-0.39, 0.29) is 5.91 Å². The molecule has 1 heterocycles. The van der Waals surface area contributed by atoms with Crippen LogP contribution in [0.4, 0.5) is 0 Å². The van der Waals surface area contributed by atoms with Gasteiger partial charge in [0.2, 0.25) is 5.91 Å². The second kappa shape index (κ2) is 4.40. The maximum absolute atomic E-state index is 11.1. The number of amides is 1. The maximum Gasteiger partial charge on any atom is 0.246 e. The Hall–Kier alpha value is -1.64. The van der Waals surface area contributed by atoms with Gasteiger partial charge in [0.15, 0.2) is 0 Å². The standard InChI is InChI=1S/C10H12N2O/c1-8(2)10(13)12-7-9-4-3-5-11-6-9/h3-6H,1,7H2,2H3,(H,12,13). The molecule has 13 heavy (non-hydrogen) atoms. The van der Waals surface area contributed by atoms with E-state index in [9.17, 15) is 4.79 Å². The molecule has 0 saturated carbocycles. The fraction of sp³-hybridized carbons (Fsp3) is 0.200. The van der Waals surface area contributed by atoms with Gasteiger partial charge in [0.1, 0.15) is 0 Å². The number of aromatic nitrogens is 1. The molecule has 0 aliphatic carbocycles. The molecule has 0 spiro atoms. The van der Waals surface area contributed by atoms with Crippen LogP contribution in [0.3, 0.4) is 0 Å². The van der Waals surface area contributed by atoms with E-state index < -0.39 is 0 Å². The molecule has 0 saturated heterocycles. The fourth-order valence-corrected chi connectivity index (χ4v) is 0.836. The lowest BCUT2D eigenvalue weighted by molar-refractivity contribution is -0.117. The highest BCUT2D eigenvalue weighted by Crippen LogP contribution is 1.95. The maximum atomic E-state index is 11.1. The smallest absolute Gasteiger partial charge is 0.246 e. The minimum Gasteiger partial charge on any atom is -0.348 e. The van der Waals surface area contributed by atoms with Crippen LogP contribution in [0.2, 0.25) is 0 Å². The van der Waals surface area contributed by atoms with E-state index in [4.69, 9.17) is 0 Å². The molecule has 0 radical (unpaired) electrons. The summed E-state index contributed by atoms with van der Waals surface area (Å²) in [5.41, 5.74) is 1.50. The van der Waals surface area contributed by atoms with Crippen molar-refractivity contribution in [2.24, 2.45) is 0 Å². The quantitative estimate of drug-likeness (QED) is 0.705. The molecule has 68 valence electrons. The van der Waals surface area contributed by atoms with Gasteiger partial charge < -0.3 is 5.32 Å². The molecule has 0 unspecified atom stereocenters. The second-order valence-electron chi connectivity index (χ2n) is 2.82. The van der Waals surface area contributed by atoms with Crippen LogP contribution in [0.1, 0.15) is 12.5 Å². The highest BCUT2D eigenvalue weighted by atomic mass is 16.1. The molecule has 1 aromatic heterocycles. The Bertz CT molecular complexity index is 306. The minimum absolute atomic E-state index is 0.121. The summed E-state index contributed by atoms with van der Waals surface area (Å²) >= 11 is 0.